The molecule has 0 spiro atoms. The molecule has 3 rings (SSSR count). The number of nitrogens with zero attached hydrogens (tertiary/aromatic N) is 1. The van der Waals surface area contributed by atoms with Gasteiger partial charge in [-0.2, -0.15) is 0 Å². The smallest absolute Gasteiger partial charge is 0.126 e. The van der Waals surface area contributed by atoms with Crippen molar-refractivity contribution in [2.75, 3.05) is 12.3 Å². The van der Waals surface area contributed by atoms with E-state index in [0.717, 1.165) is 37.2 Å². The van der Waals surface area contributed by atoms with Gasteiger partial charge in [0.2, 0.25) is 0 Å². The third-order valence-corrected chi connectivity index (χ3v) is 3.77. The van der Waals surface area contributed by atoms with Gasteiger partial charge in [-0.3, -0.25) is 0 Å². The predicted molar refractivity (Wildman–Crippen MR) is 76.3 cm³/mol. The molecule has 1 aromatic carbocycles. The highest BCUT2D eigenvalue weighted by molar-refractivity contribution is 5.40. The predicted octanol–water partition coefficient (Wildman–Crippen LogP) is 3.16. The molecule has 1 aliphatic rings. The number of nitrogen functional groups attached to an aromatic ring is 1. The van der Waals surface area contributed by atoms with Crippen LogP contribution < -0.4 is 10.5 Å². The van der Waals surface area contributed by atoms with Gasteiger partial charge in [0.25, 0.3) is 0 Å². The van der Waals surface area contributed by atoms with E-state index in [9.17, 15) is 0 Å². The largest absolute Gasteiger partial charge is 0.493 e. The molecule has 3 nitrogen and oxygen atoms in total. The summed E-state index contributed by atoms with van der Waals surface area (Å²) in [6.07, 6.45) is 4.88. The van der Waals surface area contributed by atoms with Crippen molar-refractivity contribution >= 4 is 5.82 Å². The molecule has 19 heavy (non-hydrogen) atoms. The first kappa shape index (κ1) is 12.0. The van der Waals surface area contributed by atoms with Crippen LogP contribution in [0.3, 0.4) is 0 Å². The number of hydrogen-bond acceptors (Lipinski definition) is 3. The lowest BCUT2D eigenvalue weighted by molar-refractivity contribution is 0.263. The molecule has 0 bridgehead atoms. The molecule has 0 saturated heterocycles. The highest BCUT2D eigenvalue weighted by atomic mass is 16.5. The lowest BCUT2D eigenvalue weighted by Gasteiger charge is -2.25. The molecule has 2 N–H and O–H groups in total. The van der Waals surface area contributed by atoms with Crippen LogP contribution in [0.5, 0.6) is 5.75 Å². The molecule has 0 aliphatic carbocycles. The quantitative estimate of drug-likeness (QED) is 0.915. The number of benzene rings is 1. The van der Waals surface area contributed by atoms with Crippen molar-refractivity contribution in [1.29, 1.82) is 0 Å². The molecule has 0 radical (unpaired) electrons. The van der Waals surface area contributed by atoms with Crippen LogP contribution in [0.2, 0.25) is 0 Å². The van der Waals surface area contributed by atoms with E-state index in [1.54, 1.807) is 6.20 Å². The Hall–Kier alpha value is -2.03. The minimum atomic E-state index is 0.560. The fourth-order valence-electron chi connectivity index (χ4n) is 2.71. The monoisotopic (exact) mass is 254 g/mol. The third-order valence-electron chi connectivity index (χ3n) is 3.77. The molecule has 0 amide bonds. The minimum Gasteiger partial charge on any atom is -0.493 e. The molecule has 1 aromatic heterocycles. The van der Waals surface area contributed by atoms with Gasteiger partial charge in [0.05, 0.1) is 6.61 Å². The molecule has 3 heteroatoms. The summed E-state index contributed by atoms with van der Waals surface area (Å²) in [4.78, 5) is 4.14. The lowest BCUT2D eigenvalue weighted by Crippen LogP contribution is -2.15. The molecule has 0 saturated carbocycles. The molecule has 2 aromatic rings. The number of ether oxygens (including phenoxy) is 1. The van der Waals surface area contributed by atoms with Crippen LogP contribution in [-0.4, -0.2) is 11.6 Å². The topological polar surface area (TPSA) is 48.1 Å². The Morgan fingerprint density at radius 2 is 2.11 bits per heavy atom. The SMILES string of the molecule is Nc1ncccc1CCC1CCOc2ccccc21. The van der Waals surface area contributed by atoms with Crippen molar-refractivity contribution in [1.82, 2.24) is 4.98 Å². The van der Waals surface area contributed by atoms with Crippen LogP contribution in [0, 0.1) is 0 Å². The summed E-state index contributed by atoms with van der Waals surface area (Å²) in [5.41, 5.74) is 8.37. The molecular weight excluding hydrogens is 236 g/mol. The van der Waals surface area contributed by atoms with E-state index in [2.05, 4.69) is 29.2 Å². The first-order valence-corrected chi connectivity index (χ1v) is 6.75. The van der Waals surface area contributed by atoms with Gasteiger partial charge >= 0.3 is 0 Å². The third kappa shape index (κ3) is 2.55. The first-order valence-electron chi connectivity index (χ1n) is 6.75. The summed E-state index contributed by atoms with van der Waals surface area (Å²) in [7, 11) is 0. The standard InChI is InChI=1S/C16H18N2O/c17-16-13(4-3-10-18-16)8-7-12-9-11-19-15-6-2-1-5-14(12)15/h1-6,10,12H,7-9,11H2,(H2,17,18). The lowest BCUT2D eigenvalue weighted by atomic mass is 9.88. The molecule has 1 atom stereocenters. The van der Waals surface area contributed by atoms with Gasteiger partial charge in [-0.05, 0) is 48.4 Å². The van der Waals surface area contributed by atoms with E-state index in [1.165, 1.54) is 5.56 Å². The zero-order valence-electron chi connectivity index (χ0n) is 10.9. The normalized spacial score (nSPS) is 17.6. The summed E-state index contributed by atoms with van der Waals surface area (Å²) in [6, 6.07) is 12.3. The van der Waals surface area contributed by atoms with Crippen LogP contribution in [-0.2, 0) is 6.42 Å². The molecule has 0 fully saturated rings. The van der Waals surface area contributed by atoms with Crippen molar-refractivity contribution in [3.8, 4) is 5.75 Å². The van der Waals surface area contributed by atoms with Gasteiger partial charge in [-0.15, -0.1) is 0 Å². The first-order chi connectivity index (χ1) is 9.34. The van der Waals surface area contributed by atoms with E-state index < -0.39 is 0 Å². The Morgan fingerprint density at radius 3 is 3.00 bits per heavy atom. The average Bonchev–Trinajstić information content (AvgIpc) is 2.46. The molecule has 98 valence electrons. The molecule has 1 unspecified atom stereocenters. The average molecular weight is 254 g/mol. The Kier molecular flexibility index (Phi) is 3.36. The maximum Gasteiger partial charge on any atom is 0.126 e. The van der Waals surface area contributed by atoms with Gasteiger partial charge < -0.3 is 10.5 Å². The summed E-state index contributed by atoms with van der Waals surface area (Å²) in [5.74, 6) is 2.25. The molecule has 1 aliphatic heterocycles. The summed E-state index contributed by atoms with van der Waals surface area (Å²) >= 11 is 0. The van der Waals surface area contributed by atoms with Gasteiger partial charge in [0.15, 0.2) is 0 Å². The van der Waals surface area contributed by atoms with E-state index >= 15 is 0 Å². The number of pyridine rings is 1. The zero-order chi connectivity index (χ0) is 13.1. The van der Waals surface area contributed by atoms with Crippen molar-refractivity contribution in [2.45, 2.75) is 25.2 Å². The highest BCUT2D eigenvalue weighted by Gasteiger charge is 2.20. The second kappa shape index (κ2) is 5.31. The van der Waals surface area contributed by atoms with E-state index in [1.807, 2.05) is 12.1 Å². The Labute approximate surface area is 113 Å². The van der Waals surface area contributed by atoms with E-state index in [-0.39, 0.29) is 0 Å². The van der Waals surface area contributed by atoms with Crippen LogP contribution in [0.4, 0.5) is 5.82 Å². The minimum absolute atomic E-state index is 0.560. The number of fused-ring (bicyclic) bond motifs is 1. The number of rotatable bonds is 3. The molecular formula is C16H18N2O. The number of para-hydroxylation sites is 1. The fraction of sp³-hybridized carbons (Fsp3) is 0.312. The van der Waals surface area contributed by atoms with Crippen molar-refractivity contribution in [3.63, 3.8) is 0 Å². The zero-order valence-corrected chi connectivity index (χ0v) is 10.9. The highest BCUT2D eigenvalue weighted by Crippen LogP contribution is 2.36. The second-order valence-electron chi connectivity index (χ2n) is 4.96. The fourth-order valence-corrected chi connectivity index (χ4v) is 2.71. The number of hydrogen-bond donors (Lipinski definition) is 1. The van der Waals surface area contributed by atoms with E-state index in [0.29, 0.717) is 11.7 Å². The second-order valence-corrected chi connectivity index (χ2v) is 4.96. The summed E-state index contributed by atoms with van der Waals surface area (Å²) in [6.45, 7) is 0.810. The van der Waals surface area contributed by atoms with Crippen LogP contribution >= 0.6 is 0 Å². The van der Waals surface area contributed by atoms with E-state index in [4.69, 9.17) is 10.5 Å². The summed E-state index contributed by atoms with van der Waals surface area (Å²) in [5, 5.41) is 0. The maximum absolute atomic E-state index is 5.89. The summed E-state index contributed by atoms with van der Waals surface area (Å²) < 4.78 is 5.69. The van der Waals surface area contributed by atoms with Crippen LogP contribution in [0.25, 0.3) is 0 Å². The van der Waals surface area contributed by atoms with Gasteiger partial charge in [0.1, 0.15) is 11.6 Å². The maximum atomic E-state index is 5.89. The van der Waals surface area contributed by atoms with Crippen molar-refractivity contribution < 1.29 is 4.74 Å². The number of nitrogens with two attached hydrogens (primary N) is 1. The number of anilines is 1. The van der Waals surface area contributed by atoms with Gasteiger partial charge in [-0.25, -0.2) is 4.98 Å². The Bertz CT molecular complexity index is 568. The molecule has 2 heterocycles. The van der Waals surface area contributed by atoms with Gasteiger partial charge in [-0.1, -0.05) is 24.3 Å². The van der Waals surface area contributed by atoms with Gasteiger partial charge in [0, 0.05) is 6.20 Å². The van der Waals surface area contributed by atoms with Crippen LogP contribution in [0.1, 0.15) is 29.9 Å². The van der Waals surface area contributed by atoms with Crippen molar-refractivity contribution in [2.24, 2.45) is 0 Å². The van der Waals surface area contributed by atoms with Crippen LogP contribution in [0.15, 0.2) is 42.6 Å². The van der Waals surface area contributed by atoms with Crippen molar-refractivity contribution in [3.05, 3.63) is 53.7 Å². The Morgan fingerprint density at radius 1 is 1.21 bits per heavy atom. The Balaban J connectivity index is 1.73. The number of aryl methyl sites for hydroxylation is 1. The number of aromatic nitrogens is 1.